The Balaban J connectivity index is 1.67. The molecule has 4 aromatic rings. The molecule has 0 aromatic heterocycles. The van der Waals surface area contributed by atoms with Crippen LogP contribution in [0.4, 0.5) is 5.69 Å². The molecule has 4 rings (SSSR count). The highest BCUT2D eigenvalue weighted by molar-refractivity contribution is 7.96. The summed E-state index contributed by atoms with van der Waals surface area (Å²) < 4.78 is 0. The van der Waals surface area contributed by atoms with Gasteiger partial charge in [-0.15, -0.1) is 0 Å². The second-order valence-electron chi connectivity index (χ2n) is 8.25. The fraction of sp³-hybridized carbons (Fsp3) is 0.0667. The Kier molecular flexibility index (Phi) is 8.28. The molecule has 36 heavy (non-hydrogen) atoms. The van der Waals surface area contributed by atoms with Crippen molar-refractivity contribution in [1.82, 2.24) is 0 Å². The summed E-state index contributed by atoms with van der Waals surface area (Å²) in [7, 11) is -2.03. The number of benzene rings is 4. The molecule has 0 heterocycles. The summed E-state index contributed by atoms with van der Waals surface area (Å²) >= 11 is 0. The van der Waals surface area contributed by atoms with Gasteiger partial charge in [0.05, 0.1) is 16.2 Å². The van der Waals surface area contributed by atoms with E-state index >= 15 is 0 Å². The first-order chi connectivity index (χ1) is 17.6. The second kappa shape index (κ2) is 12.0. The number of hydrogen-bond acceptors (Lipinski definition) is 4. The first-order valence-corrected chi connectivity index (χ1v) is 13.6. The molecule has 0 fully saturated rings. The lowest BCUT2D eigenvalue weighted by atomic mass is 10.2. The van der Waals surface area contributed by atoms with Crippen LogP contribution < -0.4 is 15.9 Å². The monoisotopic (exact) mass is 492 g/mol. The van der Waals surface area contributed by atoms with Crippen molar-refractivity contribution in [3.63, 3.8) is 0 Å². The van der Waals surface area contributed by atoms with Gasteiger partial charge in [-0.2, -0.15) is 10.2 Å². The highest BCUT2D eigenvalue weighted by atomic mass is 31.2. The Bertz CT molecular complexity index is 1290. The van der Waals surface area contributed by atoms with Gasteiger partial charge in [0, 0.05) is 12.3 Å². The number of nitro benzene ring substituents is 1. The van der Waals surface area contributed by atoms with E-state index in [1.807, 2.05) is 25.1 Å². The minimum absolute atomic E-state index is 0.0602. The van der Waals surface area contributed by atoms with Crippen molar-refractivity contribution >= 4 is 46.9 Å². The lowest BCUT2D eigenvalue weighted by molar-refractivity contribution is -0.385. The summed E-state index contributed by atoms with van der Waals surface area (Å²) in [4.78, 5) is 10.8. The van der Waals surface area contributed by atoms with Crippen LogP contribution in [0.15, 0.2) is 132 Å². The van der Waals surface area contributed by atoms with E-state index in [1.165, 1.54) is 22.0 Å². The van der Waals surface area contributed by atoms with Gasteiger partial charge in [0.1, 0.15) is 29.3 Å². The van der Waals surface area contributed by atoms with Gasteiger partial charge >= 0.3 is 0 Å². The quantitative estimate of drug-likeness (QED) is 0.124. The Morgan fingerprint density at radius 2 is 1.25 bits per heavy atom. The standard InChI is InChI=1S/C30H27N3O2P/c1-25(32-31-23-13-15-26-14-11-12-22-30(26)33(34)35)24-36(27-16-5-2-6-17-27,28-18-7-3-8-19-28)29-20-9-4-10-21-29/h2-23H,24H2,1H3/q+1/b15-13+,31-23+,32-25+. The molecule has 5 nitrogen and oxygen atoms in total. The van der Waals surface area contributed by atoms with Crippen molar-refractivity contribution in [1.29, 1.82) is 0 Å². The summed E-state index contributed by atoms with van der Waals surface area (Å²) in [6, 6.07) is 38.5. The molecule has 0 radical (unpaired) electrons. The molecule has 4 aromatic carbocycles. The van der Waals surface area contributed by atoms with E-state index in [9.17, 15) is 10.1 Å². The van der Waals surface area contributed by atoms with E-state index in [0.717, 1.165) is 11.9 Å². The summed E-state index contributed by atoms with van der Waals surface area (Å²) in [5.74, 6) is 0. The molecule has 0 aliphatic heterocycles. The highest BCUT2D eigenvalue weighted by Gasteiger charge is 2.45. The summed E-state index contributed by atoms with van der Waals surface area (Å²) in [6.07, 6.45) is 5.65. The predicted octanol–water partition coefficient (Wildman–Crippen LogP) is 6.05. The highest BCUT2D eigenvalue weighted by Crippen LogP contribution is 2.55. The fourth-order valence-electron chi connectivity index (χ4n) is 4.26. The lowest BCUT2D eigenvalue weighted by Crippen LogP contribution is -2.35. The van der Waals surface area contributed by atoms with E-state index in [-0.39, 0.29) is 10.6 Å². The third kappa shape index (κ3) is 5.70. The Labute approximate surface area is 212 Å². The molecule has 0 saturated heterocycles. The minimum atomic E-state index is -2.03. The Morgan fingerprint density at radius 1 is 0.778 bits per heavy atom. The number of nitro groups is 1. The summed E-state index contributed by atoms with van der Waals surface area (Å²) in [6.45, 7) is 2.01. The zero-order valence-electron chi connectivity index (χ0n) is 20.0. The van der Waals surface area contributed by atoms with Crippen molar-refractivity contribution in [3.05, 3.63) is 137 Å². The van der Waals surface area contributed by atoms with E-state index in [1.54, 1.807) is 36.6 Å². The molecule has 0 saturated carbocycles. The number of nitrogens with zero attached hydrogens (tertiary/aromatic N) is 3. The molecule has 0 N–H and O–H groups in total. The first kappa shape index (κ1) is 24.9. The molecule has 0 aliphatic carbocycles. The largest absolute Gasteiger partial charge is 0.276 e. The number of para-hydroxylation sites is 1. The normalized spacial score (nSPS) is 12.3. The van der Waals surface area contributed by atoms with Gasteiger partial charge in [-0.05, 0) is 61.5 Å². The molecule has 0 aliphatic rings. The number of allylic oxidation sites excluding steroid dienone is 1. The topological polar surface area (TPSA) is 67.9 Å². The molecule has 0 unspecified atom stereocenters. The lowest BCUT2D eigenvalue weighted by Gasteiger charge is -2.27. The SMILES string of the molecule is C\C(C[P+](c1ccccc1)(c1ccccc1)c1ccccc1)=N/N=C/C=C/c1ccccc1[N+](=O)[O-]. The van der Waals surface area contributed by atoms with Crippen molar-refractivity contribution in [2.24, 2.45) is 10.2 Å². The van der Waals surface area contributed by atoms with Crippen molar-refractivity contribution < 1.29 is 4.92 Å². The van der Waals surface area contributed by atoms with Crippen LogP contribution in [0.5, 0.6) is 0 Å². The van der Waals surface area contributed by atoms with Crippen LogP contribution in [-0.2, 0) is 0 Å². The van der Waals surface area contributed by atoms with Crippen LogP contribution in [0.25, 0.3) is 6.08 Å². The van der Waals surface area contributed by atoms with E-state index in [4.69, 9.17) is 0 Å². The third-order valence-corrected chi connectivity index (χ3v) is 10.3. The van der Waals surface area contributed by atoms with Crippen LogP contribution in [0.2, 0.25) is 0 Å². The van der Waals surface area contributed by atoms with Gasteiger partial charge in [0.2, 0.25) is 0 Å². The zero-order chi connectivity index (χ0) is 25.2. The van der Waals surface area contributed by atoms with E-state index in [2.05, 4.69) is 83.0 Å². The minimum Gasteiger partial charge on any atom is -0.258 e. The maximum atomic E-state index is 11.2. The fourth-order valence-corrected chi connectivity index (χ4v) is 8.49. The smallest absolute Gasteiger partial charge is 0.258 e. The molecular formula is C30H27N3O2P+. The summed E-state index contributed by atoms with van der Waals surface area (Å²) in [5, 5.41) is 23.8. The summed E-state index contributed by atoms with van der Waals surface area (Å²) in [5.41, 5.74) is 1.50. The van der Waals surface area contributed by atoms with Crippen molar-refractivity contribution in [2.75, 3.05) is 6.16 Å². The van der Waals surface area contributed by atoms with Crippen LogP contribution in [-0.4, -0.2) is 23.0 Å². The van der Waals surface area contributed by atoms with Crippen molar-refractivity contribution in [2.45, 2.75) is 6.92 Å². The van der Waals surface area contributed by atoms with Gasteiger partial charge in [0.25, 0.3) is 5.69 Å². The molecular weight excluding hydrogens is 465 g/mol. The Hall–Kier alpha value is -4.21. The predicted molar refractivity (Wildman–Crippen MR) is 154 cm³/mol. The van der Waals surface area contributed by atoms with Gasteiger partial charge in [0.15, 0.2) is 0 Å². The van der Waals surface area contributed by atoms with Gasteiger partial charge in [-0.25, -0.2) is 0 Å². The Morgan fingerprint density at radius 3 is 1.75 bits per heavy atom. The molecule has 0 amide bonds. The molecule has 0 bridgehead atoms. The molecule has 6 heteroatoms. The maximum absolute atomic E-state index is 11.2. The van der Waals surface area contributed by atoms with E-state index in [0.29, 0.717) is 5.56 Å². The van der Waals surface area contributed by atoms with Gasteiger partial charge < -0.3 is 0 Å². The molecule has 0 spiro atoms. The number of hydrogen-bond donors (Lipinski definition) is 0. The van der Waals surface area contributed by atoms with Crippen molar-refractivity contribution in [3.8, 4) is 0 Å². The second-order valence-corrected chi connectivity index (χ2v) is 11.7. The van der Waals surface area contributed by atoms with Crippen LogP contribution >= 0.6 is 7.26 Å². The molecule has 0 atom stereocenters. The average Bonchev–Trinajstić information content (AvgIpc) is 2.93. The molecule has 178 valence electrons. The van der Waals surface area contributed by atoms with Crippen LogP contribution in [0.3, 0.4) is 0 Å². The zero-order valence-corrected chi connectivity index (χ0v) is 20.9. The van der Waals surface area contributed by atoms with E-state index < -0.39 is 7.26 Å². The van der Waals surface area contributed by atoms with Crippen LogP contribution in [0.1, 0.15) is 12.5 Å². The van der Waals surface area contributed by atoms with Gasteiger partial charge in [-0.1, -0.05) is 66.7 Å². The van der Waals surface area contributed by atoms with Crippen LogP contribution in [0, 0.1) is 10.1 Å². The first-order valence-electron chi connectivity index (χ1n) is 11.6. The maximum Gasteiger partial charge on any atom is 0.276 e. The average molecular weight is 493 g/mol. The third-order valence-electron chi connectivity index (χ3n) is 5.85. The number of rotatable bonds is 9. The van der Waals surface area contributed by atoms with Gasteiger partial charge in [-0.3, -0.25) is 10.1 Å².